The van der Waals surface area contributed by atoms with Crippen molar-refractivity contribution >= 4 is 43.5 Å². The fourth-order valence-electron chi connectivity index (χ4n) is 1.80. The van der Waals surface area contributed by atoms with Crippen molar-refractivity contribution in [2.75, 3.05) is 0 Å². The number of hydrogen-bond donors (Lipinski definition) is 1. The first-order chi connectivity index (χ1) is 8.91. The molecule has 0 radical (unpaired) electrons. The van der Waals surface area contributed by atoms with Crippen LogP contribution < -0.4 is 0 Å². The van der Waals surface area contributed by atoms with E-state index in [4.69, 9.17) is 11.6 Å². The molecule has 5 heteroatoms. The molecule has 2 rings (SSSR count). The minimum absolute atomic E-state index is 0.0839. The summed E-state index contributed by atoms with van der Waals surface area (Å²) in [5.74, 6) is -0.524. The van der Waals surface area contributed by atoms with Crippen molar-refractivity contribution in [1.82, 2.24) is 0 Å². The normalized spacial score (nSPS) is 12.5. The highest BCUT2D eigenvalue weighted by molar-refractivity contribution is 9.11. The van der Waals surface area contributed by atoms with Crippen molar-refractivity contribution in [3.63, 3.8) is 0 Å². The van der Waals surface area contributed by atoms with E-state index in [1.165, 1.54) is 12.1 Å². The molecular weight excluding hydrogens is 398 g/mol. The molecule has 100 valence electrons. The highest BCUT2D eigenvalue weighted by atomic mass is 79.9. The third-order valence-corrected chi connectivity index (χ3v) is 4.72. The van der Waals surface area contributed by atoms with Crippen LogP contribution in [0, 0.1) is 12.7 Å². The fourth-order valence-corrected chi connectivity index (χ4v) is 3.10. The number of hydrogen-bond acceptors (Lipinski definition) is 1. The SMILES string of the molecule is Cc1cc(Br)c(C(O)c2c(F)cccc2Cl)cc1Br. The second-order valence-electron chi connectivity index (χ2n) is 4.16. The van der Waals surface area contributed by atoms with Crippen LogP contribution in [0.25, 0.3) is 0 Å². The van der Waals surface area contributed by atoms with Crippen LogP contribution in [0.15, 0.2) is 39.3 Å². The third-order valence-electron chi connectivity index (χ3n) is 2.85. The van der Waals surface area contributed by atoms with Crippen molar-refractivity contribution < 1.29 is 9.50 Å². The van der Waals surface area contributed by atoms with Crippen molar-refractivity contribution in [3.05, 3.63) is 66.8 Å². The van der Waals surface area contributed by atoms with E-state index in [2.05, 4.69) is 31.9 Å². The molecule has 0 aliphatic heterocycles. The molecule has 0 saturated heterocycles. The summed E-state index contributed by atoms with van der Waals surface area (Å²) in [4.78, 5) is 0. The van der Waals surface area contributed by atoms with E-state index in [0.717, 1.165) is 10.0 Å². The number of benzene rings is 2. The Hall–Kier alpha value is -0.420. The van der Waals surface area contributed by atoms with Crippen LogP contribution in [0.4, 0.5) is 4.39 Å². The van der Waals surface area contributed by atoms with E-state index in [1.54, 1.807) is 12.1 Å². The Morgan fingerprint density at radius 3 is 2.53 bits per heavy atom. The molecule has 0 heterocycles. The van der Waals surface area contributed by atoms with Crippen LogP contribution in [0.2, 0.25) is 5.02 Å². The molecule has 0 amide bonds. The van der Waals surface area contributed by atoms with Gasteiger partial charge < -0.3 is 5.11 Å². The Balaban J connectivity index is 2.56. The van der Waals surface area contributed by atoms with E-state index in [-0.39, 0.29) is 10.6 Å². The van der Waals surface area contributed by atoms with Crippen LogP contribution in [0.1, 0.15) is 22.8 Å². The highest BCUT2D eigenvalue weighted by Crippen LogP contribution is 2.36. The first-order valence-electron chi connectivity index (χ1n) is 5.49. The number of rotatable bonds is 2. The first-order valence-corrected chi connectivity index (χ1v) is 7.45. The largest absolute Gasteiger partial charge is 0.383 e. The van der Waals surface area contributed by atoms with E-state index >= 15 is 0 Å². The van der Waals surface area contributed by atoms with Crippen LogP contribution in [-0.2, 0) is 0 Å². The van der Waals surface area contributed by atoms with Gasteiger partial charge in [0.2, 0.25) is 0 Å². The topological polar surface area (TPSA) is 20.2 Å². The molecule has 1 unspecified atom stereocenters. The summed E-state index contributed by atoms with van der Waals surface area (Å²) in [5.41, 5.74) is 1.66. The first kappa shape index (κ1) is 15.0. The zero-order valence-electron chi connectivity index (χ0n) is 9.92. The number of aliphatic hydroxyl groups excluding tert-OH is 1. The van der Waals surface area contributed by atoms with E-state index < -0.39 is 11.9 Å². The smallest absolute Gasteiger partial charge is 0.130 e. The Morgan fingerprint density at radius 1 is 1.21 bits per heavy atom. The summed E-state index contributed by atoms with van der Waals surface area (Å²) in [6.45, 7) is 1.93. The third kappa shape index (κ3) is 3.02. The molecule has 0 aliphatic carbocycles. The van der Waals surface area contributed by atoms with Crippen molar-refractivity contribution in [2.24, 2.45) is 0 Å². The van der Waals surface area contributed by atoms with Crippen molar-refractivity contribution in [1.29, 1.82) is 0 Å². The molecule has 0 aliphatic rings. The van der Waals surface area contributed by atoms with E-state index in [0.29, 0.717) is 10.0 Å². The molecule has 0 bridgehead atoms. The lowest BCUT2D eigenvalue weighted by molar-refractivity contribution is 0.214. The molecule has 19 heavy (non-hydrogen) atoms. The average Bonchev–Trinajstić information content (AvgIpc) is 2.33. The van der Waals surface area contributed by atoms with Crippen LogP contribution >= 0.6 is 43.5 Å². The number of aliphatic hydroxyl groups is 1. The predicted molar refractivity (Wildman–Crippen MR) is 82.1 cm³/mol. The molecule has 1 nitrogen and oxygen atoms in total. The summed E-state index contributed by atoms with van der Waals surface area (Å²) in [5, 5.41) is 10.6. The van der Waals surface area contributed by atoms with Gasteiger partial charge in [-0.1, -0.05) is 49.5 Å². The quantitative estimate of drug-likeness (QED) is 0.706. The second kappa shape index (κ2) is 5.92. The monoisotopic (exact) mass is 406 g/mol. The van der Waals surface area contributed by atoms with Crippen LogP contribution in [0.5, 0.6) is 0 Å². The maximum Gasteiger partial charge on any atom is 0.130 e. The van der Waals surface area contributed by atoms with Gasteiger partial charge >= 0.3 is 0 Å². The fraction of sp³-hybridized carbons (Fsp3) is 0.143. The molecule has 0 fully saturated rings. The lowest BCUT2D eigenvalue weighted by Crippen LogP contribution is -2.05. The molecule has 2 aromatic rings. The van der Waals surface area contributed by atoms with Gasteiger partial charge in [0.1, 0.15) is 11.9 Å². The molecule has 1 N–H and O–H groups in total. The Morgan fingerprint density at radius 2 is 1.89 bits per heavy atom. The Bertz CT molecular complexity index is 611. The van der Waals surface area contributed by atoms with Gasteiger partial charge in [-0.25, -0.2) is 4.39 Å². The minimum atomic E-state index is -1.13. The Kier molecular flexibility index (Phi) is 4.66. The maximum atomic E-state index is 13.8. The van der Waals surface area contributed by atoms with Gasteiger partial charge in [-0.05, 0) is 36.8 Å². The maximum absolute atomic E-state index is 13.8. The minimum Gasteiger partial charge on any atom is -0.383 e. The van der Waals surface area contributed by atoms with Crippen LogP contribution in [0.3, 0.4) is 0 Å². The number of halogens is 4. The molecule has 0 spiro atoms. The predicted octanol–water partition coefficient (Wildman–Crippen LogP) is 5.39. The molecule has 1 atom stereocenters. The highest BCUT2D eigenvalue weighted by Gasteiger charge is 2.21. The van der Waals surface area contributed by atoms with Crippen LogP contribution in [-0.4, -0.2) is 5.11 Å². The summed E-state index contributed by atoms with van der Waals surface area (Å²) in [6, 6.07) is 7.96. The van der Waals surface area contributed by atoms with E-state index in [1.807, 2.05) is 13.0 Å². The van der Waals surface area contributed by atoms with Gasteiger partial charge in [0, 0.05) is 25.1 Å². The van der Waals surface area contributed by atoms with Gasteiger partial charge in [0.05, 0.1) is 0 Å². The van der Waals surface area contributed by atoms with Gasteiger partial charge in [0.25, 0.3) is 0 Å². The lowest BCUT2D eigenvalue weighted by atomic mass is 10.00. The zero-order valence-corrected chi connectivity index (χ0v) is 13.9. The van der Waals surface area contributed by atoms with Crippen molar-refractivity contribution in [2.45, 2.75) is 13.0 Å². The standard InChI is InChI=1S/C14H10Br2ClFO/c1-7-5-10(16)8(6-9(7)15)14(19)13-11(17)3-2-4-12(13)18/h2-6,14,19H,1H3. The van der Waals surface area contributed by atoms with E-state index in [9.17, 15) is 9.50 Å². The summed E-state index contributed by atoms with van der Waals surface area (Å²) < 4.78 is 15.4. The summed E-state index contributed by atoms with van der Waals surface area (Å²) in [6.07, 6.45) is -1.13. The van der Waals surface area contributed by atoms with Crippen molar-refractivity contribution in [3.8, 4) is 0 Å². The molecule has 0 saturated carbocycles. The van der Waals surface area contributed by atoms with Gasteiger partial charge in [-0.2, -0.15) is 0 Å². The van der Waals surface area contributed by atoms with Gasteiger partial charge in [-0.3, -0.25) is 0 Å². The molecule has 2 aromatic carbocycles. The number of aryl methyl sites for hydroxylation is 1. The summed E-state index contributed by atoms with van der Waals surface area (Å²) in [7, 11) is 0. The summed E-state index contributed by atoms with van der Waals surface area (Å²) >= 11 is 12.8. The molecular formula is C14H10Br2ClFO. The van der Waals surface area contributed by atoms with Gasteiger partial charge in [-0.15, -0.1) is 0 Å². The molecule has 0 aromatic heterocycles. The van der Waals surface area contributed by atoms with Gasteiger partial charge in [0.15, 0.2) is 0 Å². The zero-order chi connectivity index (χ0) is 14.2. The average molecular weight is 408 g/mol. The second-order valence-corrected chi connectivity index (χ2v) is 6.28. The Labute approximate surface area is 132 Å². The lowest BCUT2D eigenvalue weighted by Gasteiger charge is -2.16.